The summed E-state index contributed by atoms with van der Waals surface area (Å²) < 4.78 is 10.6. The summed E-state index contributed by atoms with van der Waals surface area (Å²) in [7, 11) is 3.46. The molecule has 0 N–H and O–H groups in total. The maximum absolute atomic E-state index is 11.4. The van der Waals surface area contributed by atoms with Crippen LogP contribution >= 0.6 is 0 Å². The molecule has 1 saturated heterocycles. The fraction of sp³-hybridized carbons (Fsp3) is 0.857. The summed E-state index contributed by atoms with van der Waals surface area (Å²) in [5.41, 5.74) is 0. The molecule has 0 saturated carbocycles. The van der Waals surface area contributed by atoms with Crippen molar-refractivity contribution in [1.82, 2.24) is 4.90 Å². The van der Waals surface area contributed by atoms with Crippen LogP contribution in [0.1, 0.15) is 84.0 Å². The van der Waals surface area contributed by atoms with E-state index in [0.29, 0.717) is 6.61 Å². The molecule has 1 aliphatic heterocycles. The van der Waals surface area contributed by atoms with Gasteiger partial charge in [-0.05, 0) is 12.8 Å². The topological polar surface area (TPSA) is 38.8 Å². The smallest absolute Gasteiger partial charge is 0.410 e. The third-order valence-corrected chi connectivity index (χ3v) is 5.11. The minimum absolute atomic E-state index is 0.00826. The lowest BCUT2D eigenvalue weighted by Crippen LogP contribution is -2.39. The van der Waals surface area contributed by atoms with Crippen molar-refractivity contribution in [1.29, 1.82) is 0 Å². The molecule has 0 unspecified atom stereocenters. The number of methoxy groups -OCH3 is 1. The lowest BCUT2D eigenvalue weighted by atomic mass is 10.0. The van der Waals surface area contributed by atoms with E-state index in [0.717, 1.165) is 6.42 Å². The Morgan fingerprint density at radius 3 is 2.12 bits per heavy atom. The van der Waals surface area contributed by atoms with Gasteiger partial charge in [0.1, 0.15) is 6.61 Å². The van der Waals surface area contributed by atoms with E-state index in [1.165, 1.54) is 70.6 Å². The number of unbranched alkanes of at least 4 members (excludes halogenated alkanes) is 11. The van der Waals surface area contributed by atoms with E-state index in [-0.39, 0.29) is 18.2 Å². The van der Waals surface area contributed by atoms with Crippen LogP contribution in [-0.4, -0.2) is 43.9 Å². The van der Waals surface area contributed by atoms with Crippen molar-refractivity contribution in [3.05, 3.63) is 12.2 Å². The summed E-state index contributed by atoms with van der Waals surface area (Å²) in [6.45, 7) is 2.68. The standard InChI is InChI=1S/C21H39NO3/c1-4-5-6-7-8-9-10-11-12-13-14-15-16-17-20(24-3)19-18-25-21(23)22(19)2/h16-17,19-20H,4-15,18H2,1-3H3/b17-16+/t19-,20-/m0/s1. The first-order valence-corrected chi connectivity index (χ1v) is 10.3. The first kappa shape index (κ1) is 22.0. The highest BCUT2D eigenvalue weighted by Gasteiger charge is 2.34. The van der Waals surface area contributed by atoms with Gasteiger partial charge in [0.15, 0.2) is 0 Å². The number of hydrogen-bond donors (Lipinski definition) is 0. The van der Waals surface area contributed by atoms with Crippen LogP contribution in [0.15, 0.2) is 12.2 Å². The highest BCUT2D eigenvalue weighted by molar-refractivity contribution is 5.69. The van der Waals surface area contributed by atoms with Gasteiger partial charge >= 0.3 is 6.09 Å². The SMILES string of the molecule is CCCCCCCCCCCCC/C=C/[C@H](OC)[C@@H]1COC(=O)N1C. The number of carbonyl (C=O) groups excluding carboxylic acids is 1. The van der Waals surface area contributed by atoms with Crippen LogP contribution in [-0.2, 0) is 9.47 Å². The lowest BCUT2D eigenvalue weighted by Gasteiger charge is -2.22. The zero-order valence-corrected chi connectivity index (χ0v) is 16.7. The van der Waals surface area contributed by atoms with Crippen molar-refractivity contribution >= 4 is 6.09 Å². The third kappa shape index (κ3) is 9.29. The molecule has 4 heteroatoms. The van der Waals surface area contributed by atoms with Crippen LogP contribution in [0.25, 0.3) is 0 Å². The number of allylic oxidation sites excluding steroid dienone is 1. The molecule has 1 rings (SSSR count). The Kier molecular flexibility index (Phi) is 12.5. The van der Waals surface area contributed by atoms with Gasteiger partial charge in [-0.2, -0.15) is 0 Å². The Labute approximate surface area is 154 Å². The molecule has 4 nitrogen and oxygen atoms in total. The average molecular weight is 354 g/mol. The first-order chi connectivity index (χ1) is 12.2. The van der Waals surface area contributed by atoms with Gasteiger partial charge in [-0.1, -0.05) is 83.3 Å². The number of rotatable bonds is 15. The second-order valence-electron chi connectivity index (χ2n) is 7.21. The number of amides is 1. The number of carbonyl (C=O) groups is 1. The van der Waals surface area contributed by atoms with Gasteiger partial charge < -0.3 is 14.4 Å². The minimum atomic E-state index is -0.259. The maximum atomic E-state index is 11.4. The van der Waals surface area contributed by atoms with Crippen molar-refractivity contribution < 1.29 is 14.3 Å². The van der Waals surface area contributed by atoms with Gasteiger partial charge in [-0.15, -0.1) is 0 Å². The largest absolute Gasteiger partial charge is 0.447 e. The summed E-state index contributed by atoms with van der Waals surface area (Å²) >= 11 is 0. The Balaban J connectivity index is 1.98. The summed E-state index contributed by atoms with van der Waals surface area (Å²) in [6.07, 6.45) is 20.1. The fourth-order valence-corrected chi connectivity index (χ4v) is 3.34. The van der Waals surface area contributed by atoms with E-state index < -0.39 is 0 Å². The van der Waals surface area contributed by atoms with E-state index in [9.17, 15) is 4.79 Å². The zero-order valence-electron chi connectivity index (χ0n) is 16.7. The Morgan fingerprint density at radius 1 is 1.08 bits per heavy atom. The Bertz CT molecular complexity index is 370. The number of ether oxygens (including phenoxy) is 2. The van der Waals surface area contributed by atoms with Crippen molar-refractivity contribution in [3.8, 4) is 0 Å². The quantitative estimate of drug-likeness (QED) is 0.280. The highest BCUT2D eigenvalue weighted by Crippen LogP contribution is 2.17. The monoisotopic (exact) mass is 353 g/mol. The predicted molar refractivity (Wildman–Crippen MR) is 104 cm³/mol. The lowest BCUT2D eigenvalue weighted by molar-refractivity contribution is 0.0807. The molecule has 0 aliphatic carbocycles. The summed E-state index contributed by atoms with van der Waals surface area (Å²) in [5, 5.41) is 0. The molecule has 0 aromatic carbocycles. The van der Waals surface area contributed by atoms with Crippen LogP contribution in [0.5, 0.6) is 0 Å². The van der Waals surface area contributed by atoms with E-state index in [1.807, 2.05) is 0 Å². The van der Waals surface area contributed by atoms with Gasteiger partial charge in [0.25, 0.3) is 0 Å². The Hall–Kier alpha value is -1.03. The molecular formula is C21H39NO3. The van der Waals surface area contributed by atoms with Crippen LogP contribution < -0.4 is 0 Å². The van der Waals surface area contributed by atoms with E-state index in [4.69, 9.17) is 9.47 Å². The molecule has 0 aromatic rings. The molecule has 1 heterocycles. The summed E-state index contributed by atoms with van der Waals surface area (Å²) in [6, 6.07) is -0.00826. The van der Waals surface area contributed by atoms with Crippen molar-refractivity contribution in [2.75, 3.05) is 20.8 Å². The Morgan fingerprint density at radius 2 is 1.64 bits per heavy atom. The average Bonchev–Trinajstić information content (AvgIpc) is 2.95. The van der Waals surface area contributed by atoms with Crippen LogP contribution in [0.2, 0.25) is 0 Å². The molecular weight excluding hydrogens is 314 g/mol. The molecule has 0 spiro atoms. The first-order valence-electron chi connectivity index (χ1n) is 10.3. The van der Waals surface area contributed by atoms with Gasteiger partial charge in [0.05, 0.1) is 12.1 Å². The fourth-order valence-electron chi connectivity index (χ4n) is 3.34. The minimum Gasteiger partial charge on any atom is -0.447 e. The van der Waals surface area contributed by atoms with E-state index >= 15 is 0 Å². The van der Waals surface area contributed by atoms with Gasteiger partial charge in [-0.25, -0.2) is 4.79 Å². The molecule has 2 atom stereocenters. The van der Waals surface area contributed by atoms with E-state index in [1.54, 1.807) is 19.1 Å². The number of nitrogens with zero attached hydrogens (tertiary/aromatic N) is 1. The normalized spacial score (nSPS) is 18.9. The van der Waals surface area contributed by atoms with Crippen molar-refractivity contribution in [2.45, 2.75) is 96.1 Å². The maximum Gasteiger partial charge on any atom is 0.410 e. The molecule has 1 fully saturated rings. The van der Waals surface area contributed by atoms with Gasteiger partial charge in [-0.3, -0.25) is 0 Å². The second kappa shape index (κ2) is 14.2. The highest BCUT2D eigenvalue weighted by atomic mass is 16.6. The van der Waals surface area contributed by atoms with Gasteiger partial charge in [0, 0.05) is 14.2 Å². The third-order valence-electron chi connectivity index (χ3n) is 5.11. The zero-order chi connectivity index (χ0) is 18.3. The molecule has 146 valence electrons. The van der Waals surface area contributed by atoms with E-state index in [2.05, 4.69) is 19.1 Å². The molecule has 1 aliphatic rings. The number of hydrogen-bond acceptors (Lipinski definition) is 3. The molecule has 0 radical (unpaired) electrons. The number of cyclic esters (lactones) is 1. The number of likely N-dealkylation sites (N-methyl/N-ethyl adjacent to an activating group) is 1. The van der Waals surface area contributed by atoms with Crippen molar-refractivity contribution in [2.24, 2.45) is 0 Å². The second-order valence-corrected chi connectivity index (χ2v) is 7.21. The molecule has 25 heavy (non-hydrogen) atoms. The predicted octanol–water partition coefficient (Wildman–Crippen LogP) is 5.71. The molecule has 0 bridgehead atoms. The van der Waals surface area contributed by atoms with Crippen molar-refractivity contribution in [3.63, 3.8) is 0 Å². The van der Waals surface area contributed by atoms with Crippen LogP contribution in [0.4, 0.5) is 4.79 Å². The molecule has 1 amide bonds. The van der Waals surface area contributed by atoms with Gasteiger partial charge in [0.2, 0.25) is 0 Å². The van der Waals surface area contributed by atoms with Crippen LogP contribution in [0, 0.1) is 0 Å². The van der Waals surface area contributed by atoms with Crippen LogP contribution in [0.3, 0.4) is 0 Å². The summed E-state index contributed by atoms with van der Waals surface area (Å²) in [5.74, 6) is 0. The summed E-state index contributed by atoms with van der Waals surface area (Å²) in [4.78, 5) is 13.0. The molecule has 0 aromatic heterocycles.